The Bertz CT molecular complexity index is 143. The first-order valence-corrected chi connectivity index (χ1v) is 3.67. The molecule has 2 nitrogen and oxygen atoms in total. The molecule has 0 aromatic heterocycles. The molecule has 3 heteroatoms. The van der Waals surface area contributed by atoms with Crippen molar-refractivity contribution < 1.29 is 9.68 Å². The summed E-state index contributed by atoms with van der Waals surface area (Å²) in [5.74, 6) is 2.44. The Morgan fingerprint density at radius 2 is 2.50 bits per heavy atom. The molecule has 0 unspecified atom stereocenters. The summed E-state index contributed by atoms with van der Waals surface area (Å²) in [4.78, 5) is 0. The third-order valence-corrected chi connectivity index (χ3v) is 1.49. The Balaban J connectivity index is 2.35. The summed E-state index contributed by atoms with van der Waals surface area (Å²) in [6.07, 6.45) is 1.04. The predicted octanol–water partition coefficient (Wildman–Crippen LogP) is 1.01. The van der Waals surface area contributed by atoms with E-state index in [1.54, 1.807) is 5.98 Å². The average molecular weight is 140 g/mol. The fourth-order valence-electron chi connectivity index (χ4n) is 1.14. The van der Waals surface area contributed by atoms with Crippen molar-refractivity contribution in [3.63, 3.8) is 0 Å². The fraction of sp³-hybridized carbons (Fsp3) is 0.714. The van der Waals surface area contributed by atoms with E-state index in [1.165, 1.54) is 5.57 Å². The molecule has 0 spiro atoms. The van der Waals surface area contributed by atoms with Crippen molar-refractivity contribution in [2.75, 3.05) is 6.61 Å². The van der Waals surface area contributed by atoms with Crippen molar-refractivity contribution in [2.45, 2.75) is 20.3 Å². The zero-order valence-corrected chi connectivity index (χ0v) is 6.50. The highest BCUT2D eigenvalue weighted by Crippen LogP contribution is 2.15. The molecular formula is C7H13BO2. The number of hydrogen-bond acceptors (Lipinski definition) is 2. The van der Waals surface area contributed by atoms with Crippen molar-refractivity contribution in [3.8, 4) is 0 Å². The van der Waals surface area contributed by atoms with Gasteiger partial charge in [-0.2, -0.15) is 0 Å². The topological polar surface area (TPSA) is 29.5 Å². The molecular weight excluding hydrogens is 127 g/mol. The molecule has 0 atom stereocenters. The Kier molecular flexibility index (Phi) is 2.52. The van der Waals surface area contributed by atoms with Gasteiger partial charge in [-0.1, -0.05) is 25.4 Å². The Morgan fingerprint density at radius 3 is 2.90 bits per heavy atom. The minimum Gasteiger partial charge on any atom is -0.423 e. The van der Waals surface area contributed by atoms with E-state index in [-0.39, 0.29) is 0 Å². The van der Waals surface area contributed by atoms with Gasteiger partial charge in [-0.3, -0.25) is 0 Å². The summed E-state index contributed by atoms with van der Waals surface area (Å²) in [7, 11) is -0.645. The molecule has 0 radical (unpaired) electrons. The molecule has 10 heavy (non-hydrogen) atoms. The molecule has 56 valence electrons. The molecule has 0 aromatic carbocycles. The van der Waals surface area contributed by atoms with E-state index >= 15 is 0 Å². The monoisotopic (exact) mass is 140 g/mol. The summed E-state index contributed by atoms with van der Waals surface area (Å²) in [5.41, 5.74) is 1.22. The van der Waals surface area contributed by atoms with E-state index in [9.17, 15) is 0 Å². The summed E-state index contributed by atoms with van der Waals surface area (Å²) in [5, 5.41) is 8.91. The summed E-state index contributed by atoms with van der Waals surface area (Å²) in [6, 6.07) is 0. The Hall–Kier alpha value is -0.275. The van der Waals surface area contributed by atoms with Gasteiger partial charge < -0.3 is 9.68 Å². The first kappa shape index (κ1) is 7.83. The van der Waals surface area contributed by atoms with Crippen LogP contribution in [0.1, 0.15) is 20.3 Å². The minimum atomic E-state index is -0.645. The van der Waals surface area contributed by atoms with Crippen LogP contribution in [0.5, 0.6) is 0 Å². The normalized spacial score (nSPS) is 18.4. The van der Waals surface area contributed by atoms with Crippen LogP contribution in [0.25, 0.3) is 0 Å². The van der Waals surface area contributed by atoms with E-state index in [1.807, 2.05) is 0 Å². The predicted molar refractivity (Wildman–Crippen MR) is 41.5 cm³/mol. The van der Waals surface area contributed by atoms with Crippen LogP contribution in [0.2, 0.25) is 0 Å². The molecule has 1 aliphatic heterocycles. The molecule has 1 aliphatic rings. The van der Waals surface area contributed by atoms with Crippen LogP contribution >= 0.6 is 0 Å². The molecule has 0 aromatic rings. The summed E-state index contributed by atoms with van der Waals surface area (Å²) >= 11 is 0. The molecule has 0 bridgehead atoms. The lowest BCUT2D eigenvalue weighted by Crippen LogP contribution is -2.07. The third kappa shape index (κ3) is 2.16. The highest BCUT2D eigenvalue weighted by Gasteiger charge is 2.18. The van der Waals surface area contributed by atoms with Gasteiger partial charge in [0.1, 0.15) is 0 Å². The zero-order valence-electron chi connectivity index (χ0n) is 6.50. The fourth-order valence-corrected chi connectivity index (χ4v) is 1.14. The van der Waals surface area contributed by atoms with Crippen molar-refractivity contribution >= 4 is 7.12 Å². The van der Waals surface area contributed by atoms with E-state index in [4.69, 9.17) is 9.68 Å². The minimum absolute atomic E-state index is 0.610. The van der Waals surface area contributed by atoms with Crippen molar-refractivity contribution in [1.29, 1.82) is 0 Å². The van der Waals surface area contributed by atoms with E-state index < -0.39 is 7.12 Å². The van der Waals surface area contributed by atoms with Crippen molar-refractivity contribution in [1.82, 2.24) is 0 Å². The van der Waals surface area contributed by atoms with Gasteiger partial charge in [0, 0.05) is 0 Å². The maximum atomic E-state index is 8.91. The second-order valence-corrected chi connectivity index (χ2v) is 3.12. The molecule has 0 saturated carbocycles. The second-order valence-electron chi connectivity index (χ2n) is 3.12. The standard InChI is InChI=1S/C7H13BO2/c1-6(2)3-7-4-8(9)10-5-7/h4,6,9H,3,5H2,1-2H3. The van der Waals surface area contributed by atoms with Gasteiger partial charge in [-0.05, 0) is 12.3 Å². The highest BCUT2D eigenvalue weighted by molar-refractivity contribution is 6.50. The quantitative estimate of drug-likeness (QED) is 0.580. The van der Waals surface area contributed by atoms with Crippen LogP contribution in [0.15, 0.2) is 11.5 Å². The van der Waals surface area contributed by atoms with Crippen LogP contribution in [0, 0.1) is 5.92 Å². The molecule has 1 rings (SSSR count). The van der Waals surface area contributed by atoms with E-state index in [2.05, 4.69) is 13.8 Å². The maximum Gasteiger partial charge on any atom is 0.483 e. The summed E-state index contributed by atoms with van der Waals surface area (Å²) < 4.78 is 4.93. The van der Waals surface area contributed by atoms with Gasteiger partial charge in [-0.25, -0.2) is 0 Å². The maximum absolute atomic E-state index is 8.91. The molecule has 0 saturated heterocycles. The lowest BCUT2D eigenvalue weighted by molar-refractivity contribution is 0.305. The Labute approximate surface area is 62.0 Å². The van der Waals surface area contributed by atoms with Gasteiger partial charge in [-0.15, -0.1) is 0 Å². The van der Waals surface area contributed by atoms with Crippen molar-refractivity contribution in [3.05, 3.63) is 11.5 Å². The third-order valence-electron chi connectivity index (χ3n) is 1.49. The molecule has 0 amide bonds. The van der Waals surface area contributed by atoms with E-state index in [0.717, 1.165) is 6.42 Å². The van der Waals surface area contributed by atoms with E-state index in [0.29, 0.717) is 12.5 Å². The lowest BCUT2D eigenvalue weighted by Gasteiger charge is -2.03. The summed E-state index contributed by atoms with van der Waals surface area (Å²) in [6.45, 7) is 4.93. The first-order chi connectivity index (χ1) is 4.68. The SMILES string of the molecule is CC(C)CC1=CB(O)OC1. The van der Waals surface area contributed by atoms with Crippen molar-refractivity contribution in [2.24, 2.45) is 5.92 Å². The molecule has 0 aliphatic carbocycles. The lowest BCUT2D eigenvalue weighted by atomic mass is 9.89. The van der Waals surface area contributed by atoms with Crippen LogP contribution < -0.4 is 0 Å². The van der Waals surface area contributed by atoms with Crippen LogP contribution in [-0.2, 0) is 4.65 Å². The number of hydrogen-bond donors (Lipinski definition) is 1. The molecule has 1 heterocycles. The van der Waals surface area contributed by atoms with Gasteiger partial charge in [0.15, 0.2) is 0 Å². The largest absolute Gasteiger partial charge is 0.483 e. The first-order valence-electron chi connectivity index (χ1n) is 3.67. The number of rotatable bonds is 2. The smallest absolute Gasteiger partial charge is 0.423 e. The van der Waals surface area contributed by atoms with Gasteiger partial charge in [0.25, 0.3) is 0 Å². The Morgan fingerprint density at radius 1 is 1.80 bits per heavy atom. The van der Waals surface area contributed by atoms with Crippen LogP contribution in [-0.4, -0.2) is 18.7 Å². The average Bonchev–Trinajstić information content (AvgIpc) is 2.13. The second kappa shape index (κ2) is 3.22. The van der Waals surface area contributed by atoms with Gasteiger partial charge in [0.2, 0.25) is 0 Å². The van der Waals surface area contributed by atoms with Crippen LogP contribution in [0.3, 0.4) is 0 Å². The molecule has 1 N–H and O–H groups in total. The van der Waals surface area contributed by atoms with Crippen LogP contribution in [0.4, 0.5) is 0 Å². The highest BCUT2D eigenvalue weighted by atomic mass is 16.5. The van der Waals surface area contributed by atoms with Gasteiger partial charge in [0.05, 0.1) is 6.61 Å². The molecule has 0 fully saturated rings. The zero-order chi connectivity index (χ0) is 7.56. The van der Waals surface area contributed by atoms with Gasteiger partial charge >= 0.3 is 7.12 Å².